The smallest absolute Gasteiger partial charge is 0.124 e. The summed E-state index contributed by atoms with van der Waals surface area (Å²) in [6.07, 6.45) is 0.994. The second-order valence-electron chi connectivity index (χ2n) is 4.48. The lowest BCUT2D eigenvalue weighted by Crippen LogP contribution is -2.16. The molecule has 96 valence electrons. The summed E-state index contributed by atoms with van der Waals surface area (Å²) in [5.41, 5.74) is 6.85. The van der Waals surface area contributed by atoms with Gasteiger partial charge in [-0.05, 0) is 45.6 Å². The fourth-order valence-electron chi connectivity index (χ4n) is 1.57. The summed E-state index contributed by atoms with van der Waals surface area (Å²) in [5.74, 6) is 0.836. The molecule has 3 nitrogen and oxygen atoms in total. The highest BCUT2D eigenvalue weighted by Gasteiger charge is 2.08. The van der Waals surface area contributed by atoms with Crippen molar-refractivity contribution in [1.82, 2.24) is 4.90 Å². The first kappa shape index (κ1) is 14.3. The van der Waals surface area contributed by atoms with Gasteiger partial charge in [-0.3, -0.25) is 0 Å². The Morgan fingerprint density at radius 2 is 2.12 bits per heavy atom. The van der Waals surface area contributed by atoms with Crippen molar-refractivity contribution in [3.05, 3.63) is 28.8 Å². The van der Waals surface area contributed by atoms with Gasteiger partial charge >= 0.3 is 0 Å². The maximum Gasteiger partial charge on any atom is 0.124 e. The Bertz CT molecular complexity index is 353. The van der Waals surface area contributed by atoms with Gasteiger partial charge in [0.2, 0.25) is 0 Å². The number of nitrogens with two attached hydrogens (primary N) is 1. The summed E-state index contributed by atoms with van der Waals surface area (Å²) in [7, 11) is 4.10. The molecule has 0 heterocycles. The zero-order chi connectivity index (χ0) is 12.8. The van der Waals surface area contributed by atoms with E-state index in [4.69, 9.17) is 22.1 Å². The molecule has 0 aromatic heterocycles. The molecule has 4 heteroatoms. The van der Waals surface area contributed by atoms with Gasteiger partial charge in [0.05, 0.1) is 6.61 Å². The van der Waals surface area contributed by atoms with Crippen molar-refractivity contribution >= 4 is 11.6 Å². The lowest BCUT2D eigenvalue weighted by molar-refractivity contribution is 0.278. The Morgan fingerprint density at radius 1 is 1.41 bits per heavy atom. The van der Waals surface area contributed by atoms with Crippen LogP contribution in [0, 0.1) is 0 Å². The molecule has 17 heavy (non-hydrogen) atoms. The fraction of sp³-hybridized carbons (Fsp3) is 0.538. The summed E-state index contributed by atoms with van der Waals surface area (Å²) < 4.78 is 5.74. The molecule has 0 saturated carbocycles. The molecule has 0 aliphatic heterocycles. The molecule has 0 radical (unpaired) electrons. The summed E-state index contributed by atoms with van der Waals surface area (Å²) >= 11 is 5.95. The van der Waals surface area contributed by atoms with Crippen LogP contribution in [0.2, 0.25) is 5.02 Å². The first-order valence-corrected chi connectivity index (χ1v) is 6.21. The third-order valence-corrected chi connectivity index (χ3v) is 2.70. The number of rotatable bonds is 6. The molecule has 0 aliphatic carbocycles. The van der Waals surface area contributed by atoms with Crippen LogP contribution in [0.4, 0.5) is 0 Å². The quantitative estimate of drug-likeness (QED) is 0.796. The molecule has 2 N–H and O–H groups in total. The van der Waals surface area contributed by atoms with Gasteiger partial charge in [-0.15, -0.1) is 0 Å². The SMILES string of the molecule is C[C@H](N)c1cc(Cl)ccc1OCCCN(C)C. The van der Waals surface area contributed by atoms with Crippen LogP contribution in [0.1, 0.15) is 24.9 Å². The Hall–Kier alpha value is -0.770. The summed E-state index contributed by atoms with van der Waals surface area (Å²) in [4.78, 5) is 2.14. The fourth-order valence-corrected chi connectivity index (χ4v) is 1.75. The van der Waals surface area contributed by atoms with Crippen LogP contribution in [0.5, 0.6) is 5.75 Å². The van der Waals surface area contributed by atoms with Crippen molar-refractivity contribution in [3.63, 3.8) is 0 Å². The minimum Gasteiger partial charge on any atom is -0.493 e. The topological polar surface area (TPSA) is 38.5 Å². The second-order valence-corrected chi connectivity index (χ2v) is 4.91. The van der Waals surface area contributed by atoms with Gasteiger partial charge in [-0.25, -0.2) is 0 Å². The van der Waals surface area contributed by atoms with E-state index in [2.05, 4.69) is 19.0 Å². The number of halogens is 1. The third kappa shape index (κ3) is 4.94. The number of benzene rings is 1. The summed E-state index contributed by atoms with van der Waals surface area (Å²) in [5, 5.41) is 0.693. The molecule has 0 amide bonds. The van der Waals surface area contributed by atoms with Crippen LogP contribution >= 0.6 is 11.6 Å². The minimum atomic E-state index is -0.0717. The molecule has 1 aromatic rings. The molecule has 1 aromatic carbocycles. The van der Waals surface area contributed by atoms with Crippen molar-refractivity contribution < 1.29 is 4.74 Å². The molecule has 1 atom stereocenters. The van der Waals surface area contributed by atoms with Crippen LogP contribution in [0.15, 0.2) is 18.2 Å². The van der Waals surface area contributed by atoms with Crippen molar-refractivity contribution in [3.8, 4) is 5.75 Å². The van der Waals surface area contributed by atoms with E-state index in [9.17, 15) is 0 Å². The predicted octanol–water partition coefficient (Wildman–Crippen LogP) is 2.69. The molecule has 1 rings (SSSR count). The van der Waals surface area contributed by atoms with Gasteiger partial charge < -0.3 is 15.4 Å². The van der Waals surface area contributed by atoms with Crippen LogP contribution in [-0.4, -0.2) is 32.1 Å². The number of hydrogen-bond acceptors (Lipinski definition) is 3. The van der Waals surface area contributed by atoms with E-state index in [1.165, 1.54) is 0 Å². The van der Waals surface area contributed by atoms with Gasteiger partial charge in [0.1, 0.15) is 5.75 Å². The molecule has 0 fully saturated rings. The number of nitrogens with zero attached hydrogens (tertiary/aromatic N) is 1. The molecule has 0 bridgehead atoms. The minimum absolute atomic E-state index is 0.0717. The average molecular weight is 257 g/mol. The van der Waals surface area contributed by atoms with Crippen LogP contribution in [-0.2, 0) is 0 Å². The standard InChI is InChI=1S/C13H21ClN2O/c1-10(15)12-9-11(14)5-6-13(12)17-8-4-7-16(2)3/h5-6,9-10H,4,7-8,15H2,1-3H3/t10-/m0/s1. The summed E-state index contributed by atoms with van der Waals surface area (Å²) in [6, 6.07) is 5.51. The van der Waals surface area contributed by atoms with Gasteiger partial charge in [0.15, 0.2) is 0 Å². The lowest BCUT2D eigenvalue weighted by Gasteiger charge is -2.15. The molecule has 0 spiro atoms. The zero-order valence-corrected chi connectivity index (χ0v) is 11.5. The maximum atomic E-state index is 5.95. The van der Waals surface area contributed by atoms with Crippen LogP contribution in [0.3, 0.4) is 0 Å². The van der Waals surface area contributed by atoms with Crippen LogP contribution < -0.4 is 10.5 Å². The highest BCUT2D eigenvalue weighted by atomic mass is 35.5. The zero-order valence-electron chi connectivity index (χ0n) is 10.7. The van der Waals surface area contributed by atoms with Crippen molar-refractivity contribution in [2.24, 2.45) is 5.73 Å². The van der Waals surface area contributed by atoms with Gasteiger partial charge in [-0.2, -0.15) is 0 Å². The Kier molecular flexibility index (Phi) is 5.75. The van der Waals surface area contributed by atoms with Gasteiger partial charge in [0, 0.05) is 23.2 Å². The van der Waals surface area contributed by atoms with E-state index in [-0.39, 0.29) is 6.04 Å². The third-order valence-electron chi connectivity index (χ3n) is 2.47. The Balaban J connectivity index is 2.58. The molecule has 0 saturated heterocycles. The molecule has 0 unspecified atom stereocenters. The summed E-state index contributed by atoms with van der Waals surface area (Å²) in [6.45, 7) is 3.64. The predicted molar refractivity (Wildman–Crippen MR) is 72.7 cm³/mol. The molecular formula is C13H21ClN2O. The highest BCUT2D eigenvalue weighted by Crippen LogP contribution is 2.27. The molecule has 0 aliphatic rings. The van der Waals surface area contributed by atoms with Crippen molar-refractivity contribution in [1.29, 1.82) is 0 Å². The van der Waals surface area contributed by atoms with Crippen molar-refractivity contribution in [2.75, 3.05) is 27.2 Å². The van der Waals surface area contributed by atoms with E-state index >= 15 is 0 Å². The van der Waals surface area contributed by atoms with E-state index in [1.54, 1.807) is 0 Å². The van der Waals surface area contributed by atoms with E-state index in [0.29, 0.717) is 11.6 Å². The molecular weight excluding hydrogens is 236 g/mol. The van der Waals surface area contributed by atoms with Crippen molar-refractivity contribution in [2.45, 2.75) is 19.4 Å². The number of hydrogen-bond donors (Lipinski definition) is 1. The monoisotopic (exact) mass is 256 g/mol. The van der Waals surface area contributed by atoms with Crippen LogP contribution in [0.25, 0.3) is 0 Å². The maximum absolute atomic E-state index is 5.95. The Morgan fingerprint density at radius 3 is 2.71 bits per heavy atom. The van der Waals surface area contributed by atoms with Gasteiger partial charge in [-0.1, -0.05) is 11.6 Å². The largest absolute Gasteiger partial charge is 0.493 e. The Labute approximate surface area is 109 Å². The first-order valence-electron chi connectivity index (χ1n) is 5.83. The first-order chi connectivity index (χ1) is 8.00. The second kappa shape index (κ2) is 6.84. The number of ether oxygens (including phenoxy) is 1. The van der Waals surface area contributed by atoms with E-state index in [1.807, 2.05) is 25.1 Å². The van der Waals surface area contributed by atoms with E-state index < -0.39 is 0 Å². The normalized spacial score (nSPS) is 12.8. The average Bonchev–Trinajstić information content (AvgIpc) is 2.25. The lowest BCUT2D eigenvalue weighted by atomic mass is 10.1. The van der Waals surface area contributed by atoms with Gasteiger partial charge in [0.25, 0.3) is 0 Å². The highest BCUT2D eigenvalue weighted by molar-refractivity contribution is 6.30. The van der Waals surface area contributed by atoms with E-state index in [0.717, 1.165) is 24.3 Å².